The zero-order valence-corrected chi connectivity index (χ0v) is 16.4. The summed E-state index contributed by atoms with van der Waals surface area (Å²) in [6.45, 7) is 2.04. The van der Waals surface area contributed by atoms with Crippen LogP contribution >= 0.6 is 0 Å². The second-order valence-electron chi connectivity index (χ2n) is 7.59. The number of carbonyl (C=O) groups excluding carboxylic acids is 2. The maximum Gasteiger partial charge on any atom is 0.253 e. The number of rotatable bonds is 6. The van der Waals surface area contributed by atoms with Crippen molar-refractivity contribution in [2.75, 3.05) is 25.0 Å². The van der Waals surface area contributed by atoms with Crippen LogP contribution in [0.4, 0.5) is 5.69 Å². The van der Waals surface area contributed by atoms with Gasteiger partial charge in [-0.3, -0.25) is 14.5 Å². The Morgan fingerprint density at radius 3 is 2.83 bits per heavy atom. The van der Waals surface area contributed by atoms with Crippen LogP contribution in [0.25, 0.3) is 0 Å². The number of fused-ring (bicyclic) bond motifs is 1. The van der Waals surface area contributed by atoms with Crippen molar-refractivity contribution in [3.63, 3.8) is 0 Å². The lowest BCUT2D eigenvalue weighted by Crippen LogP contribution is -2.54. The molecular weight excluding hydrogens is 370 g/mol. The molecule has 7 heteroatoms. The molecule has 154 valence electrons. The van der Waals surface area contributed by atoms with Gasteiger partial charge in [0.25, 0.3) is 5.91 Å². The van der Waals surface area contributed by atoms with E-state index in [2.05, 4.69) is 15.5 Å². The van der Waals surface area contributed by atoms with E-state index in [1.165, 1.54) is 12.8 Å². The number of anilines is 1. The minimum atomic E-state index is -0.254. The number of para-hydroxylation sites is 1. The third-order valence-electron chi connectivity index (χ3n) is 5.64. The van der Waals surface area contributed by atoms with Crippen molar-refractivity contribution >= 4 is 17.5 Å². The molecule has 1 aromatic carbocycles. The summed E-state index contributed by atoms with van der Waals surface area (Å²) in [5.41, 5.74) is 0.952. The van der Waals surface area contributed by atoms with E-state index in [1.54, 1.807) is 36.6 Å². The summed E-state index contributed by atoms with van der Waals surface area (Å²) in [5, 5.41) is 5.74. The van der Waals surface area contributed by atoms with Gasteiger partial charge in [-0.15, -0.1) is 0 Å². The molecular formula is C22H27N3O4. The first-order chi connectivity index (χ1) is 14.2. The average molecular weight is 397 g/mol. The lowest BCUT2D eigenvalue weighted by atomic mass is 9.90. The van der Waals surface area contributed by atoms with Crippen molar-refractivity contribution in [1.29, 1.82) is 0 Å². The van der Waals surface area contributed by atoms with Crippen LogP contribution in [0, 0.1) is 0 Å². The molecule has 0 spiro atoms. The lowest BCUT2D eigenvalue weighted by Gasteiger charge is -2.43. The Bertz CT molecular complexity index is 834. The number of nitrogens with one attached hydrogen (secondary N) is 2. The van der Waals surface area contributed by atoms with E-state index in [1.807, 2.05) is 6.07 Å². The molecule has 4 rings (SSSR count). The van der Waals surface area contributed by atoms with Gasteiger partial charge >= 0.3 is 0 Å². The summed E-state index contributed by atoms with van der Waals surface area (Å²) < 4.78 is 11.1. The maximum absolute atomic E-state index is 12.7. The fourth-order valence-corrected chi connectivity index (χ4v) is 4.21. The number of furan rings is 1. The predicted octanol–water partition coefficient (Wildman–Crippen LogP) is 2.79. The van der Waals surface area contributed by atoms with Gasteiger partial charge in [-0.25, -0.2) is 0 Å². The summed E-state index contributed by atoms with van der Waals surface area (Å²) in [6, 6.07) is 10.9. The van der Waals surface area contributed by atoms with Gasteiger partial charge in [0.05, 0.1) is 43.3 Å². The Morgan fingerprint density at radius 2 is 1.97 bits per heavy atom. The molecule has 2 N–H and O–H groups in total. The third kappa shape index (κ3) is 4.86. The molecule has 29 heavy (non-hydrogen) atoms. The highest BCUT2D eigenvalue weighted by atomic mass is 16.5. The van der Waals surface area contributed by atoms with E-state index < -0.39 is 0 Å². The van der Waals surface area contributed by atoms with Gasteiger partial charge in [0, 0.05) is 12.6 Å². The second-order valence-corrected chi connectivity index (χ2v) is 7.59. The van der Waals surface area contributed by atoms with Crippen molar-refractivity contribution in [2.45, 2.75) is 44.4 Å². The molecule has 2 heterocycles. The first kappa shape index (κ1) is 19.7. The van der Waals surface area contributed by atoms with Crippen molar-refractivity contribution in [2.24, 2.45) is 0 Å². The smallest absolute Gasteiger partial charge is 0.253 e. The summed E-state index contributed by atoms with van der Waals surface area (Å²) in [5.74, 6) is 0.313. The van der Waals surface area contributed by atoms with Gasteiger partial charge in [0.15, 0.2) is 0 Å². The molecule has 2 atom stereocenters. The van der Waals surface area contributed by atoms with Crippen LogP contribution < -0.4 is 10.6 Å². The molecule has 2 fully saturated rings. The van der Waals surface area contributed by atoms with Crippen LogP contribution in [0.1, 0.15) is 41.8 Å². The lowest BCUT2D eigenvalue weighted by molar-refractivity contribution is -0.124. The number of amides is 2. The van der Waals surface area contributed by atoms with Crippen molar-refractivity contribution in [3.8, 4) is 0 Å². The molecule has 1 aliphatic carbocycles. The molecule has 2 aromatic rings. The normalized spacial score (nSPS) is 21.9. The van der Waals surface area contributed by atoms with Crippen LogP contribution in [-0.4, -0.2) is 48.6 Å². The molecule has 1 aromatic heterocycles. The molecule has 7 nitrogen and oxygen atoms in total. The molecule has 0 radical (unpaired) electrons. The molecule has 0 bridgehead atoms. The molecule has 2 amide bonds. The molecule has 2 aliphatic rings. The summed E-state index contributed by atoms with van der Waals surface area (Å²) in [4.78, 5) is 27.5. The van der Waals surface area contributed by atoms with Gasteiger partial charge in [-0.2, -0.15) is 0 Å². The van der Waals surface area contributed by atoms with E-state index in [0.29, 0.717) is 42.7 Å². The zero-order valence-electron chi connectivity index (χ0n) is 16.4. The summed E-state index contributed by atoms with van der Waals surface area (Å²) >= 11 is 0. The second kappa shape index (κ2) is 9.24. The number of hydrogen-bond acceptors (Lipinski definition) is 5. The molecule has 1 saturated heterocycles. The number of morpholine rings is 1. The monoisotopic (exact) mass is 397 g/mol. The van der Waals surface area contributed by atoms with Gasteiger partial charge in [0.2, 0.25) is 5.91 Å². The summed E-state index contributed by atoms with van der Waals surface area (Å²) in [6.07, 6.45) is 6.33. The van der Waals surface area contributed by atoms with Crippen molar-refractivity contribution in [3.05, 3.63) is 54.0 Å². The zero-order chi connectivity index (χ0) is 20.1. The molecule has 2 unspecified atom stereocenters. The van der Waals surface area contributed by atoms with Gasteiger partial charge in [0.1, 0.15) is 5.76 Å². The standard InChI is InChI=1S/C22H27N3O4/c26-21(15-25-11-13-29-20-10-4-3-9-19(20)25)24-18-8-2-1-7-17(18)22(27)23-14-16-6-5-12-28-16/h1-2,5-8,12,19-20H,3-4,9-11,13-15H2,(H,23,27)(H,24,26). The quantitative estimate of drug-likeness (QED) is 0.783. The van der Waals surface area contributed by atoms with E-state index in [9.17, 15) is 9.59 Å². The number of carbonyl (C=O) groups is 2. The van der Waals surface area contributed by atoms with Crippen LogP contribution in [-0.2, 0) is 16.1 Å². The number of ether oxygens (including phenoxy) is 1. The van der Waals surface area contributed by atoms with Crippen molar-refractivity contribution < 1.29 is 18.7 Å². The molecule has 1 saturated carbocycles. The highest BCUT2D eigenvalue weighted by molar-refractivity contribution is 6.04. The van der Waals surface area contributed by atoms with Crippen LogP contribution in [0.5, 0.6) is 0 Å². The Labute approximate surface area is 170 Å². The van der Waals surface area contributed by atoms with E-state index in [-0.39, 0.29) is 17.9 Å². The average Bonchev–Trinajstić information content (AvgIpc) is 3.26. The topological polar surface area (TPSA) is 83.8 Å². The van der Waals surface area contributed by atoms with Gasteiger partial charge in [-0.05, 0) is 37.1 Å². The Morgan fingerprint density at radius 1 is 1.10 bits per heavy atom. The maximum atomic E-state index is 12.7. The predicted molar refractivity (Wildman–Crippen MR) is 109 cm³/mol. The van der Waals surface area contributed by atoms with Gasteiger partial charge in [-0.1, -0.05) is 25.0 Å². The fraction of sp³-hybridized carbons (Fsp3) is 0.455. The van der Waals surface area contributed by atoms with E-state index in [0.717, 1.165) is 19.4 Å². The van der Waals surface area contributed by atoms with Crippen LogP contribution in [0.3, 0.4) is 0 Å². The largest absolute Gasteiger partial charge is 0.467 e. The van der Waals surface area contributed by atoms with Crippen molar-refractivity contribution in [1.82, 2.24) is 10.2 Å². The van der Waals surface area contributed by atoms with E-state index >= 15 is 0 Å². The Balaban J connectivity index is 1.37. The number of hydrogen-bond donors (Lipinski definition) is 2. The number of benzene rings is 1. The first-order valence-corrected chi connectivity index (χ1v) is 10.3. The van der Waals surface area contributed by atoms with Crippen LogP contribution in [0.15, 0.2) is 47.1 Å². The SMILES string of the molecule is O=C(CN1CCOC2CCCCC21)Nc1ccccc1C(=O)NCc1ccco1. The van der Waals surface area contributed by atoms with Crippen LogP contribution in [0.2, 0.25) is 0 Å². The Kier molecular flexibility index (Phi) is 6.27. The highest BCUT2D eigenvalue weighted by Crippen LogP contribution is 2.28. The van der Waals surface area contributed by atoms with Gasteiger partial charge < -0.3 is 19.8 Å². The third-order valence-corrected chi connectivity index (χ3v) is 5.64. The van der Waals surface area contributed by atoms with E-state index in [4.69, 9.17) is 9.15 Å². The fourth-order valence-electron chi connectivity index (χ4n) is 4.21. The minimum absolute atomic E-state index is 0.109. The minimum Gasteiger partial charge on any atom is -0.467 e. The Hall–Kier alpha value is -2.64. The summed E-state index contributed by atoms with van der Waals surface area (Å²) in [7, 11) is 0. The highest BCUT2D eigenvalue weighted by Gasteiger charge is 2.34. The molecule has 1 aliphatic heterocycles. The first-order valence-electron chi connectivity index (χ1n) is 10.3. The number of nitrogens with zero attached hydrogens (tertiary/aromatic N) is 1.